The van der Waals surface area contributed by atoms with E-state index < -0.39 is 33.9 Å². The maximum Gasteiger partial charge on any atom is 0.416 e. The lowest BCUT2D eigenvalue weighted by molar-refractivity contribution is -0.384. The normalized spacial score (nSPS) is 11.6. The fourth-order valence-electron chi connectivity index (χ4n) is 1.18. The van der Waals surface area contributed by atoms with Gasteiger partial charge in [0.15, 0.2) is 0 Å². The molecule has 0 radical (unpaired) electrons. The second kappa shape index (κ2) is 4.26. The summed E-state index contributed by atoms with van der Waals surface area (Å²) in [5.74, 6) is 0. The van der Waals surface area contributed by atoms with Crippen LogP contribution in [0.2, 0.25) is 5.02 Å². The van der Waals surface area contributed by atoms with Crippen molar-refractivity contribution in [2.24, 2.45) is 5.73 Å². The van der Waals surface area contributed by atoms with Crippen molar-refractivity contribution in [3.63, 3.8) is 0 Å². The smallest absolute Gasteiger partial charge is 0.326 e. The lowest BCUT2D eigenvalue weighted by atomic mass is 10.1. The van der Waals surface area contributed by atoms with Crippen molar-refractivity contribution >= 4 is 17.3 Å². The molecule has 16 heavy (non-hydrogen) atoms. The van der Waals surface area contributed by atoms with Gasteiger partial charge in [0.2, 0.25) is 0 Å². The highest BCUT2D eigenvalue weighted by Gasteiger charge is 2.35. The Balaban J connectivity index is 3.44. The molecule has 0 aromatic heterocycles. The van der Waals surface area contributed by atoms with Crippen LogP contribution < -0.4 is 5.73 Å². The summed E-state index contributed by atoms with van der Waals surface area (Å²) in [5.41, 5.74) is 3.10. The SMILES string of the molecule is NCc1cc([N+](=O)[O-])c(Cl)cc1C(F)(F)F. The van der Waals surface area contributed by atoms with Gasteiger partial charge in [-0.1, -0.05) is 11.6 Å². The Morgan fingerprint density at radius 2 is 2.00 bits per heavy atom. The first-order chi connectivity index (χ1) is 7.27. The van der Waals surface area contributed by atoms with Crippen LogP contribution in [-0.4, -0.2) is 4.92 Å². The van der Waals surface area contributed by atoms with Crippen LogP contribution in [0.25, 0.3) is 0 Å². The van der Waals surface area contributed by atoms with Gasteiger partial charge in [-0.05, 0) is 11.6 Å². The molecular weight excluding hydrogens is 249 g/mol. The van der Waals surface area contributed by atoms with E-state index in [0.717, 1.165) is 6.07 Å². The number of halogens is 4. The van der Waals surface area contributed by atoms with Gasteiger partial charge in [0.1, 0.15) is 5.02 Å². The molecule has 1 rings (SSSR count). The number of nitro benzene ring substituents is 1. The minimum atomic E-state index is -4.63. The molecule has 0 aliphatic rings. The highest BCUT2D eigenvalue weighted by Crippen LogP contribution is 2.37. The zero-order valence-corrected chi connectivity index (χ0v) is 8.47. The van der Waals surface area contributed by atoms with Crippen LogP contribution in [0.1, 0.15) is 11.1 Å². The van der Waals surface area contributed by atoms with E-state index in [0.29, 0.717) is 6.07 Å². The number of nitrogens with zero attached hydrogens (tertiary/aromatic N) is 1. The molecule has 4 nitrogen and oxygen atoms in total. The molecule has 0 saturated heterocycles. The van der Waals surface area contributed by atoms with E-state index in [9.17, 15) is 23.3 Å². The van der Waals surface area contributed by atoms with Gasteiger partial charge in [-0.25, -0.2) is 0 Å². The second-order valence-electron chi connectivity index (χ2n) is 2.92. The van der Waals surface area contributed by atoms with Gasteiger partial charge < -0.3 is 5.73 Å². The zero-order chi connectivity index (χ0) is 12.5. The number of rotatable bonds is 2. The molecular formula is C8H6ClF3N2O2. The first-order valence-corrected chi connectivity index (χ1v) is 4.39. The molecule has 0 atom stereocenters. The number of benzene rings is 1. The lowest BCUT2D eigenvalue weighted by Crippen LogP contribution is -2.12. The maximum atomic E-state index is 12.5. The van der Waals surface area contributed by atoms with Crippen molar-refractivity contribution in [1.29, 1.82) is 0 Å². The molecule has 0 aliphatic carbocycles. The molecule has 0 aliphatic heterocycles. The lowest BCUT2D eigenvalue weighted by Gasteiger charge is -2.11. The number of alkyl halides is 3. The first kappa shape index (κ1) is 12.7. The molecule has 0 spiro atoms. The molecule has 1 aromatic carbocycles. The topological polar surface area (TPSA) is 69.2 Å². The Kier molecular flexibility index (Phi) is 3.39. The Labute approximate surface area is 93.0 Å². The van der Waals surface area contributed by atoms with Crippen molar-refractivity contribution in [3.05, 3.63) is 38.4 Å². The molecule has 0 unspecified atom stereocenters. The monoisotopic (exact) mass is 254 g/mol. The summed E-state index contributed by atoms with van der Waals surface area (Å²) in [5, 5.41) is 9.89. The molecule has 2 N–H and O–H groups in total. The Morgan fingerprint density at radius 3 is 2.38 bits per heavy atom. The third-order valence-corrected chi connectivity index (χ3v) is 2.20. The maximum absolute atomic E-state index is 12.5. The van der Waals surface area contributed by atoms with E-state index in [2.05, 4.69) is 0 Å². The van der Waals surface area contributed by atoms with Crippen LogP contribution in [0.3, 0.4) is 0 Å². The highest BCUT2D eigenvalue weighted by molar-refractivity contribution is 6.32. The fraction of sp³-hybridized carbons (Fsp3) is 0.250. The van der Waals surface area contributed by atoms with Crippen molar-refractivity contribution < 1.29 is 18.1 Å². The second-order valence-corrected chi connectivity index (χ2v) is 3.33. The zero-order valence-electron chi connectivity index (χ0n) is 7.71. The van der Waals surface area contributed by atoms with Gasteiger partial charge in [-0.3, -0.25) is 10.1 Å². The van der Waals surface area contributed by atoms with E-state index in [4.69, 9.17) is 17.3 Å². The summed E-state index contributed by atoms with van der Waals surface area (Å²) in [4.78, 5) is 9.59. The summed E-state index contributed by atoms with van der Waals surface area (Å²) in [6.45, 7) is -0.452. The summed E-state index contributed by atoms with van der Waals surface area (Å²) >= 11 is 5.38. The Morgan fingerprint density at radius 1 is 1.44 bits per heavy atom. The quantitative estimate of drug-likeness (QED) is 0.652. The third kappa shape index (κ3) is 2.42. The molecule has 1 aromatic rings. The predicted molar refractivity (Wildman–Crippen MR) is 51.0 cm³/mol. The summed E-state index contributed by atoms with van der Waals surface area (Å²) < 4.78 is 37.4. The van der Waals surface area contributed by atoms with E-state index >= 15 is 0 Å². The summed E-state index contributed by atoms with van der Waals surface area (Å²) in [6, 6.07) is 1.26. The van der Waals surface area contributed by atoms with Crippen LogP contribution in [0.4, 0.5) is 18.9 Å². The summed E-state index contributed by atoms with van der Waals surface area (Å²) in [6.07, 6.45) is -4.63. The van der Waals surface area contributed by atoms with Gasteiger partial charge in [-0.15, -0.1) is 0 Å². The average molecular weight is 255 g/mol. The number of nitrogens with two attached hydrogens (primary N) is 1. The Hall–Kier alpha value is -1.34. The van der Waals surface area contributed by atoms with E-state index in [1.807, 2.05) is 0 Å². The van der Waals surface area contributed by atoms with Gasteiger partial charge in [0.05, 0.1) is 10.5 Å². The van der Waals surface area contributed by atoms with Gasteiger partial charge >= 0.3 is 6.18 Å². The minimum Gasteiger partial charge on any atom is -0.326 e. The number of hydrogen-bond donors (Lipinski definition) is 1. The number of nitro groups is 1. The van der Waals surface area contributed by atoms with Gasteiger partial charge in [-0.2, -0.15) is 13.2 Å². The molecule has 8 heteroatoms. The molecule has 88 valence electrons. The van der Waals surface area contributed by atoms with Crippen LogP contribution in [0.5, 0.6) is 0 Å². The van der Waals surface area contributed by atoms with Crippen LogP contribution >= 0.6 is 11.6 Å². The molecule has 0 heterocycles. The van der Waals surface area contributed by atoms with E-state index in [1.54, 1.807) is 0 Å². The predicted octanol–water partition coefficient (Wildman–Crippen LogP) is 2.73. The first-order valence-electron chi connectivity index (χ1n) is 4.01. The number of hydrogen-bond acceptors (Lipinski definition) is 3. The van der Waals surface area contributed by atoms with Crippen molar-refractivity contribution in [2.45, 2.75) is 12.7 Å². The Bertz CT molecular complexity index is 434. The highest BCUT2D eigenvalue weighted by atomic mass is 35.5. The van der Waals surface area contributed by atoms with Crippen LogP contribution in [0, 0.1) is 10.1 Å². The van der Waals surface area contributed by atoms with Crippen molar-refractivity contribution in [1.82, 2.24) is 0 Å². The third-order valence-electron chi connectivity index (χ3n) is 1.89. The van der Waals surface area contributed by atoms with Crippen LogP contribution in [-0.2, 0) is 12.7 Å². The standard InChI is InChI=1S/C8H6ClF3N2O2/c9-6-2-5(8(10,11)12)4(3-13)1-7(6)14(15)16/h1-2H,3,13H2. The van der Waals surface area contributed by atoms with E-state index in [1.165, 1.54) is 0 Å². The summed E-state index contributed by atoms with van der Waals surface area (Å²) in [7, 11) is 0. The van der Waals surface area contributed by atoms with Gasteiger partial charge in [0.25, 0.3) is 5.69 Å². The van der Waals surface area contributed by atoms with Crippen molar-refractivity contribution in [3.8, 4) is 0 Å². The fourth-order valence-corrected chi connectivity index (χ4v) is 1.41. The largest absolute Gasteiger partial charge is 0.416 e. The molecule has 0 saturated carbocycles. The van der Waals surface area contributed by atoms with Crippen LogP contribution in [0.15, 0.2) is 12.1 Å². The van der Waals surface area contributed by atoms with Gasteiger partial charge in [0, 0.05) is 12.6 Å². The molecule has 0 amide bonds. The van der Waals surface area contributed by atoms with E-state index in [-0.39, 0.29) is 5.56 Å². The van der Waals surface area contributed by atoms with Crippen molar-refractivity contribution in [2.75, 3.05) is 0 Å². The molecule has 0 fully saturated rings. The average Bonchev–Trinajstić information content (AvgIpc) is 2.15. The molecule has 0 bridgehead atoms. The minimum absolute atomic E-state index is 0.358.